The Morgan fingerprint density at radius 2 is 2.11 bits per heavy atom. The van der Waals surface area contributed by atoms with Gasteiger partial charge in [-0.15, -0.1) is 0 Å². The molecule has 6 nitrogen and oxygen atoms in total. The lowest BCUT2D eigenvalue weighted by Crippen LogP contribution is -2.39. The maximum absolute atomic E-state index is 13.4. The van der Waals surface area contributed by atoms with Crippen LogP contribution >= 0.6 is 0 Å². The number of hydrogen-bond donors (Lipinski definition) is 2. The van der Waals surface area contributed by atoms with E-state index in [2.05, 4.69) is 10.6 Å². The molecule has 1 aromatic rings. The van der Waals surface area contributed by atoms with Crippen LogP contribution in [0.2, 0.25) is 0 Å². The summed E-state index contributed by atoms with van der Waals surface area (Å²) in [6.45, 7) is 3.52. The predicted octanol–water partition coefficient (Wildman–Crippen LogP) is 1.92. The van der Waals surface area contributed by atoms with Crippen molar-refractivity contribution < 1.29 is 14.1 Å². The molecule has 1 amide bonds. The van der Waals surface area contributed by atoms with Gasteiger partial charge in [-0.2, -0.15) is 4.39 Å². The first kappa shape index (κ1) is 14.9. The summed E-state index contributed by atoms with van der Waals surface area (Å²) in [6.07, 6.45) is 0. The van der Waals surface area contributed by atoms with Crippen molar-refractivity contribution in [1.29, 1.82) is 0 Å². The molecular weight excluding hydrogens is 253 g/mol. The summed E-state index contributed by atoms with van der Waals surface area (Å²) in [7, 11) is 1.51. The zero-order chi connectivity index (χ0) is 14.6. The van der Waals surface area contributed by atoms with Gasteiger partial charge in [0.05, 0.1) is 10.3 Å². The molecule has 1 aromatic carbocycles. The third-order valence-corrected chi connectivity index (χ3v) is 2.73. The van der Waals surface area contributed by atoms with Crippen molar-refractivity contribution >= 4 is 17.3 Å². The Balaban J connectivity index is 2.93. The van der Waals surface area contributed by atoms with E-state index in [4.69, 9.17) is 0 Å². The van der Waals surface area contributed by atoms with E-state index in [9.17, 15) is 19.3 Å². The molecule has 0 aliphatic rings. The molecule has 2 N–H and O–H groups in total. The highest BCUT2D eigenvalue weighted by Crippen LogP contribution is 2.28. The van der Waals surface area contributed by atoms with Crippen LogP contribution in [0.1, 0.15) is 13.8 Å². The summed E-state index contributed by atoms with van der Waals surface area (Å²) in [5.41, 5.74) is -1.33. The SMILES string of the molecule is CNC(=O)C(C)(C)CNc1cccc(F)c1[N+](=O)[O-]. The van der Waals surface area contributed by atoms with Gasteiger partial charge in [0.15, 0.2) is 0 Å². The van der Waals surface area contributed by atoms with E-state index in [1.165, 1.54) is 19.2 Å². The first-order valence-electron chi connectivity index (χ1n) is 5.68. The Kier molecular flexibility index (Phi) is 4.42. The van der Waals surface area contributed by atoms with Crippen LogP contribution in [0, 0.1) is 21.3 Å². The molecule has 0 atom stereocenters. The number of rotatable bonds is 5. The van der Waals surface area contributed by atoms with Crippen LogP contribution in [-0.4, -0.2) is 24.4 Å². The zero-order valence-corrected chi connectivity index (χ0v) is 11.0. The number of benzene rings is 1. The second kappa shape index (κ2) is 5.64. The number of para-hydroxylation sites is 1. The van der Waals surface area contributed by atoms with Crippen molar-refractivity contribution in [2.24, 2.45) is 5.41 Å². The Labute approximate surface area is 110 Å². The van der Waals surface area contributed by atoms with Crippen LogP contribution in [0.3, 0.4) is 0 Å². The van der Waals surface area contributed by atoms with Crippen LogP contribution in [0.5, 0.6) is 0 Å². The number of hydrogen-bond acceptors (Lipinski definition) is 4. The second-order valence-electron chi connectivity index (χ2n) is 4.71. The van der Waals surface area contributed by atoms with E-state index >= 15 is 0 Å². The highest BCUT2D eigenvalue weighted by Gasteiger charge is 2.28. The summed E-state index contributed by atoms with van der Waals surface area (Å²) in [5.74, 6) is -1.12. The number of nitrogens with one attached hydrogen (secondary N) is 2. The molecule has 0 radical (unpaired) electrons. The van der Waals surface area contributed by atoms with Crippen LogP contribution in [0.25, 0.3) is 0 Å². The van der Waals surface area contributed by atoms with Crippen molar-refractivity contribution in [1.82, 2.24) is 5.32 Å². The van der Waals surface area contributed by atoms with Gasteiger partial charge in [0.1, 0.15) is 5.69 Å². The fraction of sp³-hybridized carbons (Fsp3) is 0.417. The van der Waals surface area contributed by atoms with Crippen molar-refractivity contribution in [2.75, 3.05) is 18.9 Å². The minimum atomic E-state index is -0.909. The summed E-state index contributed by atoms with van der Waals surface area (Å²) in [4.78, 5) is 21.6. The zero-order valence-electron chi connectivity index (χ0n) is 11.0. The second-order valence-corrected chi connectivity index (χ2v) is 4.71. The molecule has 104 valence electrons. The lowest BCUT2D eigenvalue weighted by Gasteiger charge is -2.23. The van der Waals surface area contributed by atoms with Crippen molar-refractivity contribution in [3.05, 3.63) is 34.1 Å². The third-order valence-electron chi connectivity index (χ3n) is 2.73. The van der Waals surface area contributed by atoms with E-state index in [0.717, 1.165) is 6.07 Å². The minimum absolute atomic E-state index is 0.0574. The summed E-state index contributed by atoms with van der Waals surface area (Å²) in [6, 6.07) is 3.80. The first-order valence-corrected chi connectivity index (χ1v) is 5.68. The van der Waals surface area contributed by atoms with Gasteiger partial charge in [0.2, 0.25) is 11.7 Å². The van der Waals surface area contributed by atoms with E-state index in [0.29, 0.717) is 0 Å². The Morgan fingerprint density at radius 1 is 1.47 bits per heavy atom. The summed E-state index contributed by atoms with van der Waals surface area (Å²) < 4.78 is 13.4. The third kappa shape index (κ3) is 3.40. The highest BCUT2D eigenvalue weighted by atomic mass is 19.1. The Morgan fingerprint density at radius 3 is 2.63 bits per heavy atom. The molecule has 0 heterocycles. The first-order chi connectivity index (χ1) is 8.79. The fourth-order valence-corrected chi connectivity index (χ4v) is 1.58. The Hall–Kier alpha value is -2.18. The van der Waals surface area contributed by atoms with Gasteiger partial charge in [-0.05, 0) is 26.0 Å². The highest BCUT2D eigenvalue weighted by molar-refractivity contribution is 5.82. The monoisotopic (exact) mass is 269 g/mol. The molecule has 0 aliphatic carbocycles. The number of anilines is 1. The number of nitro groups is 1. The van der Waals surface area contributed by atoms with E-state index in [1.54, 1.807) is 13.8 Å². The van der Waals surface area contributed by atoms with Crippen LogP contribution in [0.4, 0.5) is 15.8 Å². The molecule has 0 saturated heterocycles. The van der Waals surface area contributed by atoms with E-state index in [1.807, 2.05) is 0 Å². The van der Waals surface area contributed by atoms with Gasteiger partial charge in [-0.3, -0.25) is 14.9 Å². The summed E-state index contributed by atoms with van der Waals surface area (Å²) in [5, 5.41) is 16.1. The van der Waals surface area contributed by atoms with Crippen molar-refractivity contribution in [3.63, 3.8) is 0 Å². The fourth-order valence-electron chi connectivity index (χ4n) is 1.58. The number of nitro benzene ring substituents is 1. The molecule has 0 aliphatic heterocycles. The predicted molar refractivity (Wildman–Crippen MR) is 69.4 cm³/mol. The topological polar surface area (TPSA) is 84.3 Å². The molecule has 0 bridgehead atoms. The molecule has 19 heavy (non-hydrogen) atoms. The molecule has 7 heteroatoms. The van der Waals surface area contributed by atoms with Gasteiger partial charge >= 0.3 is 5.69 Å². The lowest BCUT2D eigenvalue weighted by atomic mass is 9.92. The maximum Gasteiger partial charge on any atom is 0.327 e. The van der Waals surface area contributed by atoms with Gasteiger partial charge in [-0.1, -0.05) is 6.07 Å². The van der Waals surface area contributed by atoms with Crippen LogP contribution in [-0.2, 0) is 4.79 Å². The molecular formula is C12H16FN3O3. The smallest absolute Gasteiger partial charge is 0.327 e. The van der Waals surface area contributed by atoms with Gasteiger partial charge in [-0.25, -0.2) is 0 Å². The minimum Gasteiger partial charge on any atom is -0.378 e. The Bertz CT molecular complexity index is 503. The number of carbonyl (C=O) groups excluding carboxylic acids is 1. The molecule has 0 fully saturated rings. The van der Waals surface area contributed by atoms with Gasteiger partial charge in [0.25, 0.3) is 0 Å². The lowest BCUT2D eigenvalue weighted by molar-refractivity contribution is -0.386. The normalized spacial score (nSPS) is 10.9. The molecule has 1 rings (SSSR count). The maximum atomic E-state index is 13.4. The van der Waals surface area contributed by atoms with Gasteiger partial charge < -0.3 is 10.6 Å². The standard InChI is InChI=1S/C12H16FN3O3/c1-12(2,11(17)14-3)7-15-9-6-4-5-8(13)10(9)16(18)19/h4-6,15H,7H2,1-3H3,(H,14,17). The van der Waals surface area contributed by atoms with Gasteiger partial charge in [0, 0.05) is 13.6 Å². The summed E-state index contributed by atoms with van der Waals surface area (Å²) >= 11 is 0. The van der Waals surface area contributed by atoms with Crippen LogP contribution in [0.15, 0.2) is 18.2 Å². The quantitative estimate of drug-likeness (QED) is 0.631. The molecule has 0 unspecified atom stereocenters. The van der Waals surface area contributed by atoms with Crippen molar-refractivity contribution in [2.45, 2.75) is 13.8 Å². The largest absolute Gasteiger partial charge is 0.378 e. The molecule has 0 saturated carbocycles. The number of amides is 1. The number of carbonyl (C=O) groups is 1. The van der Waals surface area contributed by atoms with E-state index in [-0.39, 0.29) is 18.1 Å². The van der Waals surface area contributed by atoms with Crippen LogP contribution < -0.4 is 10.6 Å². The average Bonchev–Trinajstić information content (AvgIpc) is 2.34. The molecule has 0 aromatic heterocycles. The van der Waals surface area contributed by atoms with E-state index < -0.39 is 21.8 Å². The average molecular weight is 269 g/mol. The number of nitrogens with zero attached hydrogens (tertiary/aromatic N) is 1. The molecule has 0 spiro atoms. The van der Waals surface area contributed by atoms with Crippen molar-refractivity contribution in [3.8, 4) is 0 Å². The number of halogens is 1.